The van der Waals surface area contributed by atoms with Gasteiger partial charge in [0.2, 0.25) is 0 Å². The zero-order chi connectivity index (χ0) is 11.5. The normalized spacial score (nSPS) is 20.1. The molecule has 0 spiro atoms. The molecule has 1 fully saturated rings. The maximum Gasteiger partial charge on any atom is 0.165 e. The number of nitrogens with one attached hydrogen (secondary N) is 1. The van der Waals surface area contributed by atoms with Gasteiger partial charge in [0.1, 0.15) is 0 Å². The van der Waals surface area contributed by atoms with Crippen molar-refractivity contribution in [3.8, 4) is 5.75 Å². The van der Waals surface area contributed by atoms with Crippen LogP contribution in [0.3, 0.4) is 0 Å². The van der Waals surface area contributed by atoms with Crippen molar-refractivity contribution in [3.63, 3.8) is 0 Å². The number of aryl methyl sites for hydroxylation is 1. The minimum Gasteiger partial charge on any atom is -0.493 e. The lowest BCUT2D eigenvalue weighted by molar-refractivity contribution is 0.382. The van der Waals surface area contributed by atoms with Crippen LogP contribution in [-0.4, -0.2) is 20.2 Å². The standard InChI is InChI=1S/C13H18FNO/c1-9-5-11(6-10-3-4-15-8-10)7-12(14)13(9)16-2/h5,7,10,15H,3-4,6,8H2,1-2H3. The average Bonchev–Trinajstić information content (AvgIpc) is 2.70. The summed E-state index contributed by atoms with van der Waals surface area (Å²) in [6, 6.07) is 3.63. The molecular formula is C13H18FNO. The summed E-state index contributed by atoms with van der Waals surface area (Å²) in [5, 5.41) is 3.33. The van der Waals surface area contributed by atoms with E-state index in [1.54, 1.807) is 6.07 Å². The molecule has 88 valence electrons. The molecule has 1 aliphatic heterocycles. The van der Waals surface area contributed by atoms with Gasteiger partial charge in [-0.05, 0) is 56.0 Å². The minimum atomic E-state index is -0.247. The second-order valence-corrected chi connectivity index (χ2v) is 4.49. The molecule has 0 saturated carbocycles. The number of ether oxygens (including phenoxy) is 1. The Hall–Kier alpha value is -1.09. The van der Waals surface area contributed by atoms with Crippen molar-refractivity contribution in [2.24, 2.45) is 5.92 Å². The Morgan fingerprint density at radius 3 is 2.88 bits per heavy atom. The second-order valence-electron chi connectivity index (χ2n) is 4.49. The van der Waals surface area contributed by atoms with Crippen LogP contribution < -0.4 is 10.1 Å². The van der Waals surface area contributed by atoms with E-state index >= 15 is 0 Å². The number of rotatable bonds is 3. The molecule has 3 heteroatoms. The lowest BCUT2D eigenvalue weighted by Gasteiger charge is -2.12. The van der Waals surface area contributed by atoms with E-state index in [1.807, 2.05) is 13.0 Å². The third-order valence-electron chi connectivity index (χ3n) is 3.18. The van der Waals surface area contributed by atoms with Gasteiger partial charge < -0.3 is 10.1 Å². The maximum absolute atomic E-state index is 13.6. The Balaban J connectivity index is 2.15. The zero-order valence-electron chi connectivity index (χ0n) is 9.85. The highest BCUT2D eigenvalue weighted by molar-refractivity contribution is 5.38. The van der Waals surface area contributed by atoms with Crippen LogP contribution in [0.1, 0.15) is 17.5 Å². The van der Waals surface area contributed by atoms with Gasteiger partial charge in [-0.25, -0.2) is 4.39 Å². The SMILES string of the molecule is COc1c(C)cc(CC2CCNC2)cc1F. The third-order valence-corrected chi connectivity index (χ3v) is 3.18. The van der Waals surface area contributed by atoms with Gasteiger partial charge >= 0.3 is 0 Å². The van der Waals surface area contributed by atoms with Gasteiger partial charge in [0, 0.05) is 0 Å². The highest BCUT2D eigenvalue weighted by Crippen LogP contribution is 2.25. The van der Waals surface area contributed by atoms with Gasteiger partial charge in [0.25, 0.3) is 0 Å². The maximum atomic E-state index is 13.6. The zero-order valence-corrected chi connectivity index (χ0v) is 9.85. The summed E-state index contributed by atoms with van der Waals surface area (Å²) in [4.78, 5) is 0. The van der Waals surface area contributed by atoms with Gasteiger partial charge in [-0.3, -0.25) is 0 Å². The Kier molecular flexibility index (Phi) is 3.44. The molecular weight excluding hydrogens is 205 g/mol. The molecule has 16 heavy (non-hydrogen) atoms. The minimum absolute atomic E-state index is 0.247. The number of hydrogen-bond donors (Lipinski definition) is 1. The number of hydrogen-bond acceptors (Lipinski definition) is 2. The van der Waals surface area contributed by atoms with Crippen LogP contribution >= 0.6 is 0 Å². The molecule has 1 unspecified atom stereocenters. The quantitative estimate of drug-likeness (QED) is 0.849. The summed E-state index contributed by atoms with van der Waals surface area (Å²) in [7, 11) is 1.51. The molecule has 1 N–H and O–H groups in total. The molecule has 1 saturated heterocycles. The van der Waals surface area contributed by atoms with E-state index < -0.39 is 0 Å². The first-order chi connectivity index (χ1) is 7.70. The summed E-state index contributed by atoms with van der Waals surface area (Å²) >= 11 is 0. The molecule has 1 aromatic rings. The first-order valence-corrected chi connectivity index (χ1v) is 5.74. The molecule has 1 atom stereocenters. The molecule has 0 aromatic heterocycles. The summed E-state index contributed by atoms with van der Waals surface area (Å²) < 4.78 is 18.7. The van der Waals surface area contributed by atoms with E-state index in [9.17, 15) is 4.39 Å². The van der Waals surface area contributed by atoms with Crippen LogP contribution in [-0.2, 0) is 6.42 Å². The van der Waals surface area contributed by atoms with Crippen molar-refractivity contribution in [1.29, 1.82) is 0 Å². The Labute approximate surface area is 95.8 Å². The molecule has 0 bridgehead atoms. The summed E-state index contributed by atoms with van der Waals surface area (Å²) in [5.41, 5.74) is 1.95. The van der Waals surface area contributed by atoms with E-state index in [1.165, 1.54) is 13.5 Å². The van der Waals surface area contributed by atoms with E-state index in [4.69, 9.17) is 4.74 Å². The van der Waals surface area contributed by atoms with Crippen molar-refractivity contribution in [2.75, 3.05) is 20.2 Å². The largest absolute Gasteiger partial charge is 0.493 e. The topological polar surface area (TPSA) is 21.3 Å². The third kappa shape index (κ3) is 2.35. The molecule has 0 aliphatic carbocycles. The van der Waals surface area contributed by atoms with Gasteiger partial charge in [-0.15, -0.1) is 0 Å². The smallest absolute Gasteiger partial charge is 0.165 e. The Bertz CT molecular complexity index is 349. The number of methoxy groups -OCH3 is 1. The molecule has 1 heterocycles. The molecule has 0 amide bonds. The highest BCUT2D eigenvalue weighted by Gasteiger charge is 2.16. The van der Waals surface area contributed by atoms with Crippen LogP contribution in [0.4, 0.5) is 4.39 Å². The van der Waals surface area contributed by atoms with Crippen molar-refractivity contribution >= 4 is 0 Å². The summed E-state index contributed by atoms with van der Waals surface area (Å²) in [6.45, 7) is 4.02. The van der Waals surface area contributed by atoms with Crippen molar-refractivity contribution in [3.05, 3.63) is 29.1 Å². The van der Waals surface area contributed by atoms with E-state index in [0.29, 0.717) is 11.7 Å². The molecule has 0 radical (unpaired) electrons. The highest BCUT2D eigenvalue weighted by atomic mass is 19.1. The molecule has 1 aliphatic rings. The number of halogens is 1. The second kappa shape index (κ2) is 4.83. The van der Waals surface area contributed by atoms with Crippen LogP contribution in [0.2, 0.25) is 0 Å². The van der Waals surface area contributed by atoms with E-state index in [0.717, 1.165) is 30.6 Å². The predicted molar refractivity (Wildman–Crippen MR) is 62.4 cm³/mol. The first kappa shape index (κ1) is 11.4. The van der Waals surface area contributed by atoms with Gasteiger partial charge in [-0.2, -0.15) is 0 Å². The fourth-order valence-corrected chi connectivity index (χ4v) is 2.40. The fraction of sp³-hybridized carbons (Fsp3) is 0.538. The lowest BCUT2D eigenvalue weighted by atomic mass is 9.97. The van der Waals surface area contributed by atoms with Crippen LogP contribution in [0.25, 0.3) is 0 Å². The monoisotopic (exact) mass is 223 g/mol. The molecule has 2 nitrogen and oxygen atoms in total. The van der Waals surface area contributed by atoms with Crippen LogP contribution in [0, 0.1) is 18.7 Å². The molecule has 1 aromatic carbocycles. The van der Waals surface area contributed by atoms with E-state index in [-0.39, 0.29) is 5.82 Å². The summed E-state index contributed by atoms with van der Waals surface area (Å²) in [5.74, 6) is 0.768. The van der Waals surface area contributed by atoms with Crippen molar-refractivity contribution in [2.45, 2.75) is 19.8 Å². The summed E-state index contributed by atoms with van der Waals surface area (Å²) in [6.07, 6.45) is 2.14. The van der Waals surface area contributed by atoms with Gasteiger partial charge in [-0.1, -0.05) is 6.07 Å². The molecule has 2 rings (SSSR count). The van der Waals surface area contributed by atoms with E-state index in [2.05, 4.69) is 5.32 Å². The Morgan fingerprint density at radius 2 is 2.31 bits per heavy atom. The lowest BCUT2D eigenvalue weighted by Crippen LogP contribution is -2.11. The predicted octanol–water partition coefficient (Wildman–Crippen LogP) is 2.29. The van der Waals surface area contributed by atoms with Crippen molar-refractivity contribution in [1.82, 2.24) is 5.32 Å². The first-order valence-electron chi connectivity index (χ1n) is 5.74. The fourth-order valence-electron chi connectivity index (χ4n) is 2.40. The van der Waals surface area contributed by atoms with Crippen LogP contribution in [0.15, 0.2) is 12.1 Å². The average molecular weight is 223 g/mol. The van der Waals surface area contributed by atoms with Gasteiger partial charge in [0.15, 0.2) is 11.6 Å². The number of benzene rings is 1. The van der Waals surface area contributed by atoms with Crippen molar-refractivity contribution < 1.29 is 9.13 Å². The van der Waals surface area contributed by atoms with Crippen LogP contribution in [0.5, 0.6) is 5.75 Å². The Morgan fingerprint density at radius 1 is 1.50 bits per heavy atom. The van der Waals surface area contributed by atoms with Gasteiger partial charge in [0.05, 0.1) is 7.11 Å².